The largest absolute Gasteiger partial charge is 0.482 e. The Bertz CT molecular complexity index is 420. The van der Waals surface area contributed by atoms with Crippen LogP contribution in [0.1, 0.15) is 5.48 Å². The van der Waals surface area contributed by atoms with Gasteiger partial charge in [0.2, 0.25) is 0 Å². The second-order valence-electron chi connectivity index (χ2n) is 1.83. The van der Waals surface area contributed by atoms with Crippen LogP contribution in [-0.4, -0.2) is 17.7 Å². The van der Waals surface area contributed by atoms with Crippen LogP contribution in [0.4, 0.5) is 4.39 Å². The average molecular weight is 174 g/mol. The Kier molecular flexibility index (Phi) is 1.37. The maximum absolute atomic E-state index is 13.0. The minimum atomic E-state index is -1.33. The van der Waals surface area contributed by atoms with Crippen LogP contribution >= 0.6 is 0 Å². The van der Waals surface area contributed by atoms with Gasteiger partial charge in [0.15, 0.2) is 6.61 Å². The van der Waals surface area contributed by atoms with E-state index in [0.29, 0.717) is 0 Å². The molecular weight excluding hydrogens is 163 g/mol. The van der Waals surface area contributed by atoms with Gasteiger partial charge in [0.05, 0.1) is 5.48 Å². The van der Waals surface area contributed by atoms with Crippen molar-refractivity contribution in [3.63, 3.8) is 0 Å². The van der Waals surface area contributed by atoms with Gasteiger partial charge in [0, 0.05) is 0 Å². The molecule has 1 rings (SSSR count). The van der Waals surface area contributed by atoms with Crippen LogP contribution in [0.25, 0.3) is 0 Å². The summed E-state index contributed by atoms with van der Waals surface area (Å²) in [6, 6.07) is -3.25. The van der Waals surface area contributed by atoms with Crippen LogP contribution in [0.2, 0.25) is 0 Å². The van der Waals surface area contributed by atoms with Crippen molar-refractivity contribution >= 4 is 5.97 Å². The van der Waals surface area contributed by atoms with Crippen LogP contribution in [0, 0.1) is 5.82 Å². The molecule has 0 radical (unpaired) electrons. The van der Waals surface area contributed by atoms with Crippen molar-refractivity contribution in [1.82, 2.24) is 0 Å². The topological polar surface area (TPSA) is 46.5 Å². The Morgan fingerprint density at radius 3 is 2.67 bits per heavy atom. The highest BCUT2D eigenvalue weighted by Gasteiger charge is 1.98. The van der Waals surface area contributed by atoms with Crippen molar-refractivity contribution in [1.29, 1.82) is 0 Å². The summed E-state index contributed by atoms with van der Waals surface area (Å²) >= 11 is 0. The summed E-state index contributed by atoms with van der Waals surface area (Å²) < 4.78 is 46.4. The number of hydrogen-bond acceptors (Lipinski definition) is 2. The lowest BCUT2D eigenvalue weighted by atomic mass is 10.3. The van der Waals surface area contributed by atoms with E-state index in [2.05, 4.69) is 4.74 Å². The van der Waals surface area contributed by atoms with Gasteiger partial charge < -0.3 is 9.84 Å². The van der Waals surface area contributed by atoms with Crippen molar-refractivity contribution in [3.8, 4) is 5.75 Å². The van der Waals surface area contributed by atoms with Gasteiger partial charge in [-0.25, -0.2) is 9.18 Å². The van der Waals surface area contributed by atoms with Gasteiger partial charge in [0.1, 0.15) is 11.6 Å². The summed E-state index contributed by atoms with van der Waals surface area (Å²) in [4.78, 5) is 10.2. The highest BCUT2D eigenvalue weighted by molar-refractivity contribution is 5.68. The van der Waals surface area contributed by atoms with Gasteiger partial charge in [-0.15, -0.1) is 0 Å². The molecule has 1 aromatic rings. The van der Waals surface area contributed by atoms with E-state index in [-0.39, 0.29) is 0 Å². The molecule has 64 valence electrons. The van der Waals surface area contributed by atoms with E-state index < -0.39 is 48.3 Å². The zero-order valence-corrected chi connectivity index (χ0v) is 5.85. The molecule has 0 saturated carbocycles. The first-order valence-electron chi connectivity index (χ1n) is 4.96. The predicted molar refractivity (Wildman–Crippen MR) is 39.5 cm³/mol. The molecule has 0 saturated heterocycles. The van der Waals surface area contributed by atoms with Gasteiger partial charge in [-0.2, -0.15) is 0 Å². The molecule has 0 unspecified atom stereocenters. The monoisotopic (exact) mass is 174 g/mol. The zero-order chi connectivity index (χ0) is 12.5. The van der Waals surface area contributed by atoms with Gasteiger partial charge in [-0.3, -0.25) is 0 Å². The number of carbonyl (C=O) groups is 1. The molecule has 0 aliphatic rings. The lowest BCUT2D eigenvalue weighted by Crippen LogP contribution is -2.09. The Morgan fingerprint density at radius 1 is 1.58 bits per heavy atom. The summed E-state index contributed by atoms with van der Waals surface area (Å²) in [5.74, 6) is -3.20. The first-order chi connectivity index (χ1) is 7.36. The fourth-order valence-electron chi connectivity index (χ4n) is 0.492. The van der Waals surface area contributed by atoms with Crippen LogP contribution in [0.15, 0.2) is 24.2 Å². The number of carboxylic acids is 1. The number of halogens is 1. The maximum atomic E-state index is 13.0. The van der Waals surface area contributed by atoms with Crippen molar-refractivity contribution in [3.05, 3.63) is 30.0 Å². The zero-order valence-electron chi connectivity index (χ0n) is 9.85. The van der Waals surface area contributed by atoms with Crippen molar-refractivity contribution in [2.24, 2.45) is 0 Å². The minimum absolute atomic E-state index is 0.571. The molecule has 0 aliphatic heterocycles. The molecule has 3 nitrogen and oxygen atoms in total. The molecule has 0 fully saturated rings. The molecule has 1 aromatic carbocycles. The highest BCUT2D eigenvalue weighted by atomic mass is 19.1. The van der Waals surface area contributed by atoms with E-state index in [0.717, 1.165) is 0 Å². The summed E-state index contributed by atoms with van der Waals surface area (Å²) in [5, 5.41) is 8.33. The van der Waals surface area contributed by atoms with Gasteiger partial charge in [-0.05, 0) is 24.2 Å². The molecule has 12 heavy (non-hydrogen) atoms. The Labute approximate surface area is 74.0 Å². The summed E-state index contributed by atoms with van der Waals surface area (Å²) in [7, 11) is 0. The van der Waals surface area contributed by atoms with Gasteiger partial charge in [0.25, 0.3) is 0 Å². The molecule has 0 heterocycles. The number of hydrogen-bond donors (Lipinski definition) is 1. The summed E-state index contributed by atoms with van der Waals surface area (Å²) in [6.45, 7) is -0.817. The lowest BCUT2D eigenvalue weighted by Gasteiger charge is -2.01. The fourth-order valence-corrected chi connectivity index (χ4v) is 0.492. The average Bonchev–Trinajstić information content (AvgIpc) is 2.23. The van der Waals surface area contributed by atoms with Gasteiger partial charge >= 0.3 is 5.97 Å². The van der Waals surface area contributed by atoms with E-state index in [1.165, 1.54) is 0 Å². The van der Waals surface area contributed by atoms with Crippen LogP contribution in [-0.2, 0) is 4.79 Å². The second-order valence-corrected chi connectivity index (χ2v) is 1.83. The number of rotatable bonds is 3. The minimum Gasteiger partial charge on any atom is -0.482 e. The fraction of sp³-hybridized carbons (Fsp3) is 0.125. The smallest absolute Gasteiger partial charge is 0.341 e. The normalized spacial score (nSPS) is 14.1. The maximum Gasteiger partial charge on any atom is 0.341 e. The van der Waals surface area contributed by atoms with Crippen LogP contribution in [0.5, 0.6) is 5.75 Å². The Morgan fingerprint density at radius 2 is 2.17 bits per heavy atom. The number of aliphatic carboxylic acids is 1. The number of ether oxygens (including phenoxy) is 1. The van der Waals surface area contributed by atoms with Gasteiger partial charge in [-0.1, -0.05) is 0 Å². The molecule has 4 heteroatoms. The van der Waals surface area contributed by atoms with E-state index in [4.69, 9.17) is 10.6 Å². The van der Waals surface area contributed by atoms with E-state index in [1.807, 2.05) is 0 Å². The van der Waals surface area contributed by atoms with E-state index in [1.54, 1.807) is 0 Å². The summed E-state index contributed by atoms with van der Waals surface area (Å²) in [5.41, 5.74) is 0. The first-order valence-corrected chi connectivity index (χ1v) is 2.96. The number of benzene rings is 1. The highest BCUT2D eigenvalue weighted by Crippen LogP contribution is 2.10. The molecule has 0 aliphatic carbocycles. The van der Waals surface area contributed by atoms with E-state index in [9.17, 15) is 9.18 Å². The molecule has 0 atom stereocenters. The summed E-state index contributed by atoms with van der Waals surface area (Å²) in [6.07, 6.45) is 0. The predicted octanol–water partition coefficient (Wildman–Crippen LogP) is 1.29. The molecule has 0 spiro atoms. The molecule has 0 aromatic heterocycles. The SMILES string of the molecule is [2H]c1c([2H])c(OCC(=O)O)c([2H])c([2H])c1F. The lowest BCUT2D eigenvalue weighted by molar-refractivity contribution is -0.139. The number of carboxylic acid groups (broad SMARTS) is 1. The Balaban J connectivity index is 3.23. The van der Waals surface area contributed by atoms with E-state index >= 15 is 0 Å². The molecule has 0 bridgehead atoms. The van der Waals surface area contributed by atoms with Crippen molar-refractivity contribution < 1.29 is 24.5 Å². The standard InChI is InChI=1S/C8H7FO3/c9-6-1-3-7(4-2-6)12-5-8(10)11/h1-4H,5H2,(H,10,11)/i1D,2D,3D,4D. The van der Waals surface area contributed by atoms with Crippen LogP contribution < -0.4 is 4.74 Å². The molecular formula is C8H7FO3. The third kappa shape index (κ3) is 2.57. The second kappa shape index (κ2) is 3.71. The third-order valence-electron chi connectivity index (χ3n) is 0.912. The molecule has 1 N–H and O–H groups in total. The Hall–Kier alpha value is -1.58. The van der Waals surface area contributed by atoms with Crippen molar-refractivity contribution in [2.75, 3.05) is 6.61 Å². The quantitative estimate of drug-likeness (QED) is 0.751. The first kappa shape index (κ1) is 4.45. The molecule has 0 amide bonds. The van der Waals surface area contributed by atoms with Crippen molar-refractivity contribution in [2.45, 2.75) is 0 Å². The van der Waals surface area contributed by atoms with Crippen LogP contribution in [0.3, 0.4) is 0 Å². The third-order valence-corrected chi connectivity index (χ3v) is 0.912.